The predicted octanol–water partition coefficient (Wildman–Crippen LogP) is 1.49. The summed E-state index contributed by atoms with van der Waals surface area (Å²) in [4.78, 5) is 2.58. The lowest BCUT2D eigenvalue weighted by atomic mass is 10.2. The highest BCUT2D eigenvalue weighted by Gasteiger charge is 2.29. The first kappa shape index (κ1) is 12.9. The average molecular weight is 214 g/mol. The summed E-state index contributed by atoms with van der Waals surface area (Å²) in [6.45, 7) is 8.63. The molecule has 1 aliphatic carbocycles. The van der Waals surface area contributed by atoms with Crippen molar-refractivity contribution in [3.05, 3.63) is 0 Å². The molecular formula is C12H26N2O. The van der Waals surface area contributed by atoms with Gasteiger partial charge in [-0.05, 0) is 25.8 Å². The summed E-state index contributed by atoms with van der Waals surface area (Å²) in [7, 11) is 1.78. The molecule has 0 heterocycles. The number of rotatable bonds is 9. The van der Waals surface area contributed by atoms with Gasteiger partial charge in [-0.2, -0.15) is 0 Å². The normalized spacial score (nSPS) is 18.4. The largest absolute Gasteiger partial charge is 0.383 e. The van der Waals surface area contributed by atoms with Crippen LogP contribution in [0.2, 0.25) is 0 Å². The summed E-state index contributed by atoms with van der Waals surface area (Å²) in [5, 5.41) is 3.54. The fourth-order valence-electron chi connectivity index (χ4n) is 1.98. The van der Waals surface area contributed by atoms with E-state index in [2.05, 4.69) is 24.1 Å². The molecule has 0 aromatic rings. The maximum Gasteiger partial charge on any atom is 0.0589 e. The van der Waals surface area contributed by atoms with Gasteiger partial charge in [0.25, 0.3) is 0 Å². The molecule has 0 aromatic heterocycles. The predicted molar refractivity (Wildman–Crippen MR) is 64.2 cm³/mol. The first-order chi connectivity index (χ1) is 7.31. The van der Waals surface area contributed by atoms with Gasteiger partial charge in [-0.1, -0.05) is 13.8 Å². The van der Waals surface area contributed by atoms with Crippen LogP contribution in [0.4, 0.5) is 0 Å². The third-order valence-corrected chi connectivity index (χ3v) is 3.09. The van der Waals surface area contributed by atoms with Crippen LogP contribution >= 0.6 is 0 Å². The Morgan fingerprint density at radius 3 is 2.60 bits per heavy atom. The van der Waals surface area contributed by atoms with Gasteiger partial charge in [-0.15, -0.1) is 0 Å². The Bertz CT molecular complexity index is 160. The van der Waals surface area contributed by atoms with Gasteiger partial charge in [0, 0.05) is 32.3 Å². The van der Waals surface area contributed by atoms with Crippen molar-refractivity contribution in [1.82, 2.24) is 10.2 Å². The van der Waals surface area contributed by atoms with E-state index in [1.54, 1.807) is 7.11 Å². The van der Waals surface area contributed by atoms with Crippen molar-refractivity contribution in [1.29, 1.82) is 0 Å². The highest BCUT2D eigenvalue weighted by Crippen LogP contribution is 2.26. The Morgan fingerprint density at radius 1 is 1.40 bits per heavy atom. The van der Waals surface area contributed by atoms with Gasteiger partial charge in [-0.25, -0.2) is 0 Å². The van der Waals surface area contributed by atoms with Gasteiger partial charge in [0.15, 0.2) is 0 Å². The van der Waals surface area contributed by atoms with E-state index in [-0.39, 0.29) is 0 Å². The zero-order valence-corrected chi connectivity index (χ0v) is 10.5. The van der Waals surface area contributed by atoms with Crippen molar-refractivity contribution in [2.24, 2.45) is 0 Å². The van der Waals surface area contributed by atoms with E-state index in [1.165, 1.54) is 25.8 Å². The van der Waals surface area contributed by atoms with Crippen LogP contribution in [0.3, 0.4) is 0 Å². The van der Waals surface area contributed by atoms with Crippen LogP contribution in [0.5, 0.6) is 0 Å². The van der Waals surface area contributed by atoms with Gasteiger partial charge in [0.2, 0.25) is 0 Å². The molecular weight excluding hydrogens is 188 g/mol. The molecule has 1 fully saturated rings. The maximum absolute atomic E-state index is 5.16. The van der Waals surface area contributed by atoms with Crippen LogP contribution in [-0.4, -0.2) is 50.3 Å². The number of nitrogens with one attached hydrogen (secondary N) is 1. The van der Waals surface area contributed by atoms with Crippen LogP contribution in [0.15, 0.2) is 0 Å². The fourth-order valence-corrected chi connectivity index (χ4v) is 1.98. The quantitative estimate of drug-likeness (QED) is 0.629. The van der Waals surface area contributed by atoms with Gasteiger partial charge in [0.05, 0.1) is 6.61 Å². The topological polar surface area (TPSA) is 24.5 Å². The van der Waals surface area contributed by atoms with E-state index in [0.717, 1.165) is 25.7 Å². The Balaban J connectivity index is 2.27. The van der Waals surface area contributed by atoms with Gasteiger partial charge < -0.3 is 10.1 Å². The molecule has 0 aliphatic heterocycles. The summed E-state index contributed by atoms with van der Waals surface area (Å²) >= 11 is 0. The molecule has 3 nitrogen and oxygen atoms in total. The van der Waals surface area contributed by atoms with E-state index in [1.807, 2.05) is 0 Å². The fraction of sp³-hybridized carbons (Fsp3) is 1.00. The second kappa shape index (κ2) is 7.20. The molecule has 0 amide bonds. The van der Waals surface area contributed by atoms with Crippen molar-refractivity contribution in [3.63, 3.8) is 0 Å². The highest BCUT2D eigenvalue weighted by atomic mass is 16.5. The monoisotopic (exact) mass is 214 g/mol. The number of hydrogen-bond acceptors (Lipinski definition) is 3. The van der Waals surface area contributed by atoms with Gasteiger partial charge in [-0.3, -0.25) is 4.90 Å². The minimum atomic E-state index is 0.646. The lowest BCUT2D eigenvalue weighted by Crippen LogP contribution is -2.42. The molecule has 1 saturated carbocycles. The second-order valence-corrected chi connectivity index (χ2v) is 4.38. The maximum atomic E-state index is 5.16. The van der Waals surface area contributed by atoms with E-state index in [0.29, 0.717) is 6.04 Å². The van der Waals surface area contributed by atoms with E-state index in [4.69, 9.17) is 4.74 Å². The molecule has 1 unspecified atom stereocenters. The zero-order chi connectivity index (χ0) is 11.1. The number of nitrogens with zero attached hydrogens (tertiary/aromatic N) is 1. The lowest BCUT2D eigenvalue weighted by molar-refractivity contribution is 0.135. The Kier molecular flexibility index (Phi) is 6.22. The molecule has 1 aliphatic rings. The average Bonchev–Trinajstić information content (AvgIpc) is 3.06. The summed E-state index contributed by atoms with van der Waals surface area (Å²) in [5.74, 6) is 0. The number of likely N-dealkylation sites (N-methyl/N-ethyl adjacent to an activating group) is 1. The first-order valence-electron chi connectivity index (χ1n) is 6.28. The molecule has 0 aromatic carbocycles. The van der Waals surface area contributed by atoms with Crippen molar-refractivity contribution in [2.75, 3.05) is 33.4 Å². The molecule has 0 radical (unpaired) electrons. The molecule has 90 valence electrons. The first-order valence-corrected chi connectivity index (χ1v) is 6.28. The molecule has 0 saturated heterocycles. The molecule has 1 N–H and O–H groups in total. The van der Waals surface area contributed by atoms with Gasteiger partial charge in [0.1, 0.15) is 0 Å². The molecule has 3 heteroatoms. The summed E-state index contributed by atoms with van der Waals surface area (Å²) in [6.07, 6.45) is 3.97. The Morgan fingerprint density at radius 2 is 2.13 bits per heavy atom. The summed E-state index contributed by atoms with van der Waals surface area (Å²) in [5.41, 5.74) is 0. The van der Waals surface area contributed by atoms with Crippen LogP contribution < -0.4 is 5.32 Å². The second-order valence-electron chi connectivity index (χ2n) is 4.38. The minimum absolute atomic E-state index is 0.646. The molecule has 15 heavy (non-hydrogen) atoms. The van der Waals surface area contributed by atoms with Crippen LogP contribution in [-0.2, 0) is 4.74 Å². The van der Waals surface area contributed by atoms with Crippen molar-refractivity contribution >= 4 is 0 Å². The van der Waals surface area contributed by atoms with E-state index in [9.17, 15) is 0 Å². The standard InChI is InChI=1S/C12H26N2O/c1-4-11(13-5-2)10-14(8-9-15-3)12-6-7-12/h11-13H,4-10H2,1-3H3. The SMILES string of the molecule is CCNC(CC)CN(CCOC)C1CC1. The minimum Gasteiger partial charge on any atom is -0.383 e. The highest BCUT2D eigenvalue weighted by molar-refractivity contribution is 4.86. The Labute approximate surface area is 94.2 Å². The third kappa shape index (κ3) is 4.96. The van der Waals surface area contributed by atoms with Crippen molar-refractivity contribution < 1.29 is 4.74 Å². The molecule has 0 spiro atoms. The Hall–Kier alpha value is -0.120. The zero-order valence-electron chi connectivity index (χ0n) is 10.5. The van der Waals surface area contributed by atoms with E-state index >= 15 is 0 Å². The summed E-state index contributed by atoms with van der Waals surface area (Å²) < 4.78 is 5.16. The van der Waals surface area contributed by atoms with E-state index < -0.39 is 0 Å². The van der Waals surface area contributed by atoms with Crippen molar-refractivity contribution in [2.45, 2.75) is 45.2 Å². The smallest absolute Gasteiger partial charge is 0.0589 e. The van der Waals surface area contributed by atoms with Crippen molar-refractivity contribution in [3.8, 4) is 0 Å². The van der Waals surface area contributed by atoms with Crippen LogP contribution in [0.1, 0.15) is 33.1 Å². The number of ether oxygens (including phenoxy) is 1. The van der Waals surface area contributed by atoms with Crippen LogP contribution in [0.25, 0.3) is 0 Å². The molecule has 1 atom stereocenters. The lowest BCUT2D eigenvalue weighted by Gasteiger charge is -2.27. The van der Waals surface area contributed by atoms with Gasteiger partial charge >= 0.3 is 0 Å². The molecule has 1 rings (SSSR count). The third-order valence-electron chi connectivity index (χ3n) is 3.09. The summed E-state index contributed by atoms with van der Waals surface area (Å²) in [6, 6.07) is 1.49. The number of hydrogen-bond donors (Lipinski definition) is 1. The number of methoxy groups -OCH3 is 1. The van der Waals surface area contributed by atoms with Crippen LogP contribution in [0, 0.1) is 0 Å². The molecule has 0 bridgehead atoms.